The van der Waals surface area contributed by atoms with Crippen molar-refractivity contribution in [2.75, 3.05) is 39.5 Å². The number of carbonyl (C=O) groups excluding carboxylic acids is 1. The Labute approximate surface area is 174 Å². The SMILES string of the molecule is C=C(CCF)CNC(=O)CC1C=CC(C2CCC3C(C2)[C@H]3N(CC)CCO)CN1. The van der Waals surface area contributed by atoms with Gasteiger partial charge in [-0.1, -0.05) is 31.2 Å². The summed E-state index contributed by atoms with van der Waals surface area (Å²) in [6.45, 7) is 8.91. The largest absolute Gasteiger partial charge is 0.395 e. The van der Waals surface area contributed by atoms with Gasteiger partial charge in [-0.05, 0) is 55.9 Å². The molecule has 29 heavy (non-hydrogen) atoms. The summed E-state index contributed by atoms with van der Waals surface area (Å²) in [5.74, 6) is 2.89. The van der Waals surface area contributed by atoms with Gasteiger partial charge in [-0.3, -0.25) is 14.1 Å². The molecular formula is C23H38FN3O2. The van der Waals surface area contributed by atoms with Gasteiger partial charge in [0, 0.05) is 38.1 Å². The van der Waals surface area contributed by atoms with Crippen molar-refractivity contribution in [3.05, 3.63) is 24.3 Å². The van der Waals surface area contributed by atoms with Crippen molar-refractivity contribution in [2.45, 2.75) is 51.1 Å². The van der Waals surface area contributed by atoms with Crippen LogP contribution in [0.2, 0.25) is 0 Å². The average molecular weight is 408 g/mol. The molecule has 3 N–H and O–H groups in total. The molecule has 5 nitrogen and oxygen atoms in total. The Balaban J connectivity index is 1.41. The molecule has 1 heterocycles. The first-order valence-electron chi connectivity index (χ1n) is 11.3. The summed E-state index contributed by atoms with van der Waals surface area (Å²) in [6, 6.07) is 0.757. The lowest BCUT2D eigenvalue weighted by atomic mass is 9.78. The van der Waals surface area contributed by atoms with Crippen LogP contribution < -0.4 is 10.6 Å². The van der Waals surface area contributed by atoms with Crippen molar-refractivity contribution in [1.82, 2.24) is 15.5 Å². The molecule has 3 rings (SSSR count). The van der Waals surface area contributed by atoms with Crippen LogP contribution in [0.3, 0.4) is 0 Å². The Morgan fingerprint density at radius 3 is 2.83 bits per heavy atom. The second-order valence-corrected chi connectivity index (χ2v) is 8.98. The number of alkyl halides is 1. The molecular weight excluding hydrogens is 369 g/mol. The maximum atomic E-state index is 12.3. The monoisotopic (exact) mass is 407 g/mol. The van der Waals surface area contributed by atoms with Gasteiger partial charge in [0.2, 0.25) is 5.91 Å². The van der Waals surface area contributed by atoms with Crippen molar-refractivity contribution >= 4 is 5.91 Å². The molecule has 6 atom stereocenters. The highest BCUT2D eigenvalue weighted by atomic mass is 19.1. The number of aliphatic hydroxyl groups is 1. The molecule has 0 aromatic rings. The van der Waals surface area contributed by atoms with E-state index in [9.17, 15) is 14.3 Å². The number of hydrogen-bond donors (Lipinski definition) is 3. The number of halogens is 1. The Kier molecular flexibility index (Phi) is 8.27. The molecule has 3 aliphatic rings. The molecule has 2 aliphatic carbocycles. The van der Waals surface area contributed by atoms with Gasteiger partial charge in [-0.2, -0.15) is 0 Å². The zero-order valence-electron chi connectivity index (χ0n) is 17.8. The molecule has 164 valence electrons. The van der Waals surface area contributed by atoms with E-state index < -0.39 is 6.67 Å². The van der Waals surface area contributed by atoms with Crippen LogP contribution >= 0.6 is 0 Å². The number of hydrogen-bond acceptors (Lipinski definition) is 4. The molecule has 6 heteroatoms. The van der Waals surface area contributed by atoms with Crippen molar-refractivity contribution in [3.63, 3.8) is 0 Å². The summed E-state index contributed by atoms with van der Waals surface area (Å²) in [5, 5.41) is 15.7. The smallest absolute Gasteiger partial charge is 0.222 e. The number of fused-ring (bicyclic) bond motifs is 1. The van der Waals surface area contributed by atoms with E-state index in [4.69, 9.17) is 0 Å². The fourth-order valence-electron chi connectivity index (χ4n) is 5.46. The molecule has 0 aromatic carbocycles. The van der Waals surface area contributed by atoms with Crippen molar-refractivity contribution < 1.29 is 14.3 Å². The first-order valence-corrected chi connectivity index (χ1v) is 11.3. The number of amides is 1. The van der Waals surface area contributed by atoms with Crippen LogP contribution in [-0.2, 0) is 4.79 Å². The normalized spacial score (nSPS) is 33.4. The second-order valence-electron chi connectivity index (χ2n) is 8.98. The van der Waals surface area contributed by atoms with Crippen LogP contribution in [0, 0.1) is 23.7 Å². The van der Waals surface area contributed by atoms with Gasteiger partial charge < -0.3 is 15.7 Å². The predicted octanol–water partition coefficient (Wildman–Crippen LogP) is 2.28. The van der Waals surface area contributed by atoms with Crippen molar-refractivity contribution in [1.29, 1.82) is 0 Å². The van der Waals surface area contributed by atoms with E-state index in [1.807, 2.05) is 0 Å². The summed E-state index contributed by atoms with van der Waals surface area (Å²) >= 11 is 0. The number of carbonyl (C=O) groups is 1. The highest BCUT2D eigenvalue weighted by molar-refractivity contribution is 5.77. The summed E-state index contributed by atoms with van der Waals surface area (Å²) in [5.41, 5.74) is 0.725. The minimum absolute atomic E-state index is 0.0181. The minimum Gasteiger partial charge on any atom is -0.395 e. The minimum atomic E-state index is -0.426. The lowest BCUT2D eigenvalue weighted by molar-refractivity contribution is -0.121. The third-order valence-electron chi connectivity index (χ3n) is 7.15. The third kappa shape index (κ3) is 5.89. The number of likely N-dealkylation sites (N-methyl/N-ethyl adjacent to an activating group) is 1. The number of nitrogens with zero attached hydrogens (tertiary/aromatic N) is 1. The van der Waals surface area contributed by atoms with E-state index in [0.717, 1.165) is 43.0 Å². The molecule has 0 bridgehead atoms. The molecule has 0 saturated heterocycles. The van der Waals surface area contributed by atoms with E-state index in [-0.39, 0.29) is 18.6 Å². The van der Waals surface area contributed by atoms with Crippen LogP contribution in [-0.4, -0.2) is 67.5 Å². The molecule has 0 aromatic heterocycles. The Morgan fingerprint density at radius 1 is 1.34 bits per heavy atom. The summed E-state index contributed by atoms with van der Waals surface area (Å²) in [4.78, 5) is 14.6. The predicted molar refractivity (Wildman–Crippen MR) is 114 cm³/mol. The van der Waals surface area contributed by atoms with E-state index >= 15 is 0 Å². The Morgan fingerprint density at radius 2 is 2.17 bits per heavy atom. The molecule has 0 radical (unpaired) electrons. The molecule has 0 spiro atoms. The lowest BCUT2D eigenvalue weighted by Gasteiger charge is -2.32. The standard InChI is InChI=1S/C23H38FN3O2/c1-3-27(10-11-28)23-20-7-5-17(12-21(20)23)18-4-6-19(25-15-18)13-22(29)26-14-16(2)8-9-24/h4,6,17-21,23,25,28H,2-3,5,7-15H2,1H3,(H,26,29)/t17?,18?,19?,20?,21?,23-/m0/s1. The fraction of sp³-hybridized carbons (Fsp3) is 0.783. The van der Waals surface area contributed by atoms with Gasteiger partial charge in [0.25, 0.3) is 0 Å². The summed E-state index contributed by atoms with van der Waals surface area (Å²) in [7, 11) is 0. The molecule has 2 fully saturated rings. The lowest BCUT2D eigenvalue weighted by Crippen LogP contribution is -2.41. The zero-order chi connectivity index (χ0) is 20.8. The van der Waals surface area contributed by atoms with Crippen molar-refractivity contribution in [3.8, 4) is 0 Å². The second kappa shape index (κ2) is 10.7. The summed E-state index contributed by atoms with van der Waals surface area (Å²) < 4.78 is 12.3. The van der Waals surface area contributed by atoms with Crippen LogP contribution in [0.5, 0.6) is 0 Å². The number of nitrogens with one attached hydrogen (secondary N) is 2. The Hall–Kier alpha value is -1.24. The van der Waals surface area contributed by atoms with Crippen LogP contribution in [0.25, 0.3) is 0 Å². The van der Waals surface area contributed by atoms with Gasteiger partial charge in [0.05, 0.1) is 13.3 Å². The summed E-state index contributed by atoms with van der Waals surface area (Å²) in [6.07, 6.45) is 9.08. The molecule has 2 saturated carbocycles. The van der Waals surface area contributed by atoms with Crippen molar-refractivity contribution in [2.24, 2.45) is 23.7 Å². The highest BCUT2D eigenvalue weighted by Crippen LogP contribution is 2.55. The first-order chi connectivity index (χ1) is 14.1. The number of aliphatic hydroxyl groups excluding tert-OH is 1. The first kappa shape index (κ1) is 22.4. The van der Waals surface area contributed by atoms with Gasteiger partial charge in [-0.15, -0.1) is 0 Å². The van der Waals surface area contributed by atoms with Gasteiger partial charge >= 0.3 is 0 Å². The average Bonchev–Trinajstić information content (AvgIpc) is 3.44. The van der Waals surface area contributed by atoms with Gasteiger partial charge in [0.1, 0.15) is 0 Å². The van der Waals surface area contributed by atoms with Crippen LogP contribution in [0.1, 0.15) is 39.0 Å². The topological polar surface area (TPSA) is 64.6 Å². The zero-order valence-corrected chi connectivity index (χ0v) is 17.8. The van der Waals surface area contributed by atoms with E-state index in [1.165, 1.54) is 19.3 Å². The van der Waals surface area contributed by atoms with E-state index in [2.05, 4.69) is 41.2 Å². The highest BCUT2D eigenvalue weighted by Gasteiger charge is 2.55. The third-order valence-corrected chi connectivity index (χ3v) is 7.15. The van der Waals surface area contributed by atoms with Gasteiger partial charge in [-0.25, -0.2) is 0 Å². The fourth-order valence-corrected chi connectivity index (χ4v) is 5.46. The number of rotatable bonds is 11. The molecule has 1 aliphatic heterocycles. The maximum absolute atomic E-state index is 12.3. The van der Waals surface area contributed by atoms with E-state index in [0.29, 0.717) is 31.3 Å². The quantitative estimate of drug-likeness (QED) is 0.460. The molecule has 5 unspecified atom stereocenters. The van der Waals surface area contributed by atoms with Crippen LogP contribution in [0.15, 0.2) is 24.3 Å². The Bertz CT molecular complexity index is 597. The van der Waals surface area contributed by atoms with E-state index in [1.54, 1.807) is 0 Å². The maximum Gasteiger partial charge on any atom is 0.222 e. The molecule has 1 amide bonds. The van der Waals surface area contributed by atoms with Crippen LogP contribution in [0.4, 0.5) is 4.39 Å². The van der Waals surface area contributed by atoms with Gasteiger partial charge in [0.15, 0.2) is 0 Å².